The number of amides is 3. The number of amidine groups is 1. The Morgan fingerprint density at radius 3 is 2.25 bits per heavy atom. The highest BCUT2D eigenvalue weighted by molar-refractivity contribution is 7.89. The fourth-order valence-corrected chi connectivity index (χ4v) is 7.39. The Hall–Kier alpha value is -4.50. The van der Waals surface area contributed by atoms with Crippen LogP contribution < -0.4 is 25.8 Å². The van der Waals surface area contributed by atoms with Crippen molar-refractivity contribution in [3.05, 3.63) is 58.1 Å². The molecule has 1 aliphatic heterocycles. The molecular weight excluding hydrogens is 640 g/mol. The molecule has 7 N–H and O–H groups in total. The maximum absolute atomic E-state index is 13.9. The van der Waals surface area contributed by atoms with Gasteiger partial charge in [-0.25, -0.2) is 8.42 Å². The molecular formula is C33H46N6O8S. The number of rotatable bonds is 16. The number of carbonyl (C=O) groups excluding carboxylic acids is 3. The summed E-state index contributed by atoms with van der Waals surface area (Å²) >= 11 is 0. The predicted molar refractivity (Wildman–Crippen MR) is 179 cm³/mol. The number of benzene rings is 2. The number of likely N-dealkylation sites (tertiary alicyclic amines) is 1. The molecule has 2 aromatic rings. The second kappa shape index (κ2) is 17.1. The van der Waals surface area contributed by atoms with E-state index >= 15 is 0 Å². The van der Waals surface area contributed by atoms with E-state index in [9.17, 15) is 27.6 Å². The lowest BCUT2D eigenvalue weighted by Crippen LogP contribution is -2.56. The number of hydrogen-bond acceptors (Lipinski definition) is 8. The number of nitrogens with two attached hydrogens (primary N) is 1. The molecule has 0 spiro atoms. The molecule has 1 saturated heterocycles. The van der Waals surface area contributed by atoms with Crippen LogP contribution >= 0.6 is 0 Å². The van der Waals surface area contributed by atoms with Crippen molar-refractivity contribution in [3.8, 4) is 5.75 Å². The third kappa shape index (κ3) is 10.2. The maximum atomic E-state index is 13.9. The number of nitrogens with one attached hydrogen (secondary N) is 4. The van der Waals surface area contributed by atoms with Crippen LogP contribution in [0.2, 0.25) is 0 Å². The van der Waals surface area contributed by atoms with Gasteiger partial charge in [0.15, 0.2) is 0 Å². The molecule has 3 rings (SSSR count). The number of ether oxygens (including phenoxy) is 1. The van der Waals surface area contributed by atoms with E-state index in [2.05, 4.69) is 15.4 Å². The maximum Gasteiger partial charge on any atom is 0.303 e. The zero-order valence-electron chi connectivity index (χ0n) is 27.9. The van der Waals surface area contributed by atoms with Crippen LogP contribution in [0.15, 0.2) is 35.2 Å². The average molecular weight is 687 g/mol. The molecule has 262 valence electrons. The number of methoxy groups -OCH3 is 1. The van der Waals surface area contributed by atoms with Crippen LogP contribution in [0.3, 0.4) is 0 Å². The molecule has 0 aromatic heterocycles. The van der Waals surface area contributed by atoms with Crippen LogP contribution in [0.5, 0.6) is 5.75 Å². The molecule has 0 aliphatic carbocycles. The number of nitrogens with zero attached hydrogens (tertiary/aromatic N) is 1. The molecule has 0 saturated carbocycles. The predicted octanol–water partition coefficient (Wildman–Crippen LogP) is 1.66. The summed E-state index contributed by atoms with van der Waals surface area (Å²) in [6.45, 7) is 5.96. The van der Waals surface area contributed by atoms with Gasteiger partial charge in [0, 0.05) is 38.0 Å². The summed E-state index contributed by atoms with van der Waals surface area (Å²) < 4.78 is 35.5. The topological polar surface area (TPSA) is 221 Å². The first-order valence-corrected chi connectivity index (χ1v) is 17.3. The van der Waals surface area contributed by atoms with Gasteiger partial charge in [0.05, 0.1) is 18.4 Å². The normalized spacial score (nSPS) is 14.5. The van der Waals surface area contributed by atoms with Crippen molar-refractivity contribution in [2.45, 2.75) is 82.7 Å². The van der Waals surface area contributed by atoms with E-state index in [1.807, 2.05) is 0 Å². The smallest absolute Gasteiger partial charge is 0.303 e. The molecule has 48 heavy (non-hydrogen) atoms. The number of carboxylic acids is 1. The molecule has 2 atom stereocenters. The Kier molecular flexibility index (Phi) is 13.5. The highest BCUT2D eigenvalue weighted by Crippen LogP contribution is 2.30. The van der Waals surface area contributed by atoms with Crippen molar-refractivity contribution in [1.82, 2.24) is 20.3 Å². The van der Waals surface area contributed by atoms with Gasteiger partial charge in [-0.05, 0) is 74.8 Å². The van der Waals surface area contributed by atoms with Crippen molar-refractivity contribution < 1.29 is 37.4 Å². The second-order valence-electron chi connectivity index (χ2n) is 12.0. The lowest BCUT2D eigenvalue weighted by atomic mass is 10.0. The monoisotopic (exact) mass is 686 g/mol. The Labute approximate surface area is 281 Å². The quantitative estimate of drug-likeness (QED) is 0.0858. The van der Waals surface area contributed by atoms with Crippen molar-refractivity contribution in [2.24, 2.45) is 5.73 Å². The highest BCUT2D eigenvalue weighted by Gasteiger charge is 2.34. The second-order valence-corrected chi connectivity index (χ2v) is 13.6. The summed E-state index contributed by atoms with van der Waals surface area (Å²) in [5, 5.41) is 21.8. The van der Waals surface area contributed by atoms with Gasteiger partial charge in [-0.1, -0.05) is 24.3 Å². The van der Waals surface area contributed by atoms with Crippen LogP contribution in [-0.4, -0.2) is 86.8 Å². The number of nitrogen functional groups attached to an aromatic ring is 1. The van der Waals surface area contributed by atoms with Crippen LogP contribution in [0.1, 0.15) is 66.3 Å². The summed E-state index contributed by atoms with van der Waals surface area (Å²) in [5.74, 6) is -2.55. The van der Waals surface area contributed by atoms with Crippen molar-refractivity contribution in [2.75, 3.05) is 26.7 Å². The first-order chi connectivity index (χ1) is 22.6. The molecule has 1 heterocycles. The molecule has 2 aromatic carbocycles. The SMILES string of the molecule is COc1cc(C)c(S(=O)(=O)N[C@@H](CC(=O)NCCCC(=O)O)C(=O)N[C@H](Cc2ccc(C(=N)N)cc2)C(=O)N2CCCCC2)c(C)c1C. The minimum atomic E-state index is -4.40. The third-order valence-electron chi connectivity index (χ3n) is 8.35. The van der Waals surface area contributed by atoms with Gasteiger partial charge in [-0.3, -0.25) is 24.6 Å². The summed E-state index contributed by atoms with van der Waals surface area (Å²) in [5.41, 5.74) is 8.10. The first-order valence-electron chi connectivity index (χ1n) is 15.8. The third-order valence-corrected chi connectivity index (χ3v) is 10.1. The van der Waals surface area contributed by atoms with E-state index in [1.165, 1.54) is 7.11 Å². The molecule has 15 heteroatoms. The molecule has 3 amide bonds. The molecule has 1 fully saturated rings. The van der Waals surface area contributed by atoms with E-state index in [1.54, 1.807) is 56.0 Å². The van der Waals surface area contributed by atoms with E-state index in [0.717, 1.165) is 19.3 Å². The lowest BCUT2D eigenvalue weighted by Gasteiger charge is -2.31. The standard InChI is InChI=1S/C33H46N6O8S/c1-20-17-27(47-4)21(2)22(3)30(20)48(45,46)38-25(19-28(40)36-14-8-9-29(41)42)32(43)37-26(33(44)39-15-6-5-7-16-39)18-23-10-12-24(13-11-23)31(34)35/h10-13,17,25-26,38H,5-9,14-16,18-19H2,1-4H3,(H3,34,35)(H,36,40)(H,37,43)(H,41,42)/t25-,26+/m0/s1. The average Bonchev–Trinajstić information content (AvgIpc) is 3.04. The van der Waals surface area contributed by atoms with Gasteiger partial charge in [-0.15, -0.1) is 0 Å². The van der Waals surface area contributed by atoms with Crippen molar-refractivity contribution in [3.63, 3.8) is 0 Å². The van der Waals surface area contributed by atoms with Crippen molar-refractivity contribution >= 4 is 39.5 Å². The van der Waals surface area contributed by atoms with Gasteiger partial charge >= 0.3 is 5.97 Å². The summed E-state index contributed by atoms with van der Waals surface area (Å²) in [7, 11) is -2.92. The number of aliphatic carboxylic acids is 1. The van der Waals surface area contributed by atoms with Gasteiger partial charge in [0.2, 0.25) is 27.7 Å². The van der Waals surface area contributed by atoms with Crippen LogP contribution in [0.4, 0.5) is 0 Å². The molecule has 1 aliphatic rings. The van der Waals surface area contributed by atoms with E-state index in [0.29, 0.717) is 46.7 Å². The number of carbonyl (C=O) groups is 4. The molecule has 0 bridgehead atoms. The minimum Gasteiger partial charge on any atom is -0.496 e. The van der Waals surface area contributed by atoms with Crippen LogP contribution in [0, 0.1) is 26.2 Å². The van der Waals surface area contributed by atoms with E-state index in [-0.39, 0.29) is 42.4 Å². The minimum absolute atomic E-state index is 0.00838. The van der Waals surface area contributed by atoms with Gasteiger partial charge in [-0.2, -0.15) is 4.72 Å². The largest absolute Gasteiger partial charge is 0.496 e. The Balaban J connectivity index is 1.95. The Morgan fingerprint density at radius 1 is 1.02 bits per heavy atom. The first kappa shape index (κ1) is 38.0. The van der Waals surface area contributed by atoms with Gasteiger partial charge in [0.1, 0.15) is 23.7 Å². The molecule has 0 unspecified atom stereocenters. The lowest BCUT2D eigenvalue weighted by molar-refractivity contribution is -0.138. The fourth-order valence-electron chi connectivity index (χ4n) is 5.67. The zero-order valence-corrected chi connectivity index (χ0v) is 28.7. The van der Waals surface area contributed by atoms with E-state index < -0.39 is 46.3 Å². The fraction of sp³-hybridized carbons (Fsp3) is 0.485. The number of piperidine rings is 1. The van der Waals surface area contributed by atoms with Crippen LogP contribution in [-0.2, 0) is 35.6 Å². The summed E-state index contributed by atoms with van der Waals surface area (Å²) in [6, 6.07) is 5.53. The van der Waals surface area contributed by atoms with E-state index in [4.69, 9.17) is 21.0 Å². The number of carboxylic acid groups (broad SMARTS) is 1. The van der Waals surface area contributed by atoms with Gasteiger partial charge in [0.25, 0.3) is 0 Å². The summed E-state index contributed by atoms with van der Waals surface area (Å²) in [4.78, 5) is 53.1. The van der Waals surface area contributed by atoms with Crippen molar-refractivity contribution in [1.29, 1.82) is 5.41 Å². The number of hydrogen-bond donors (Lipinski definition) is 6. The molecule has 14 nitrogen and oxygen atoms in total. The Morgan fingerprint density at radius 2 is 1.67 bits per heavy atom. The number of aryl methyl sites for hydroxylation is 1. The van der Waals surface area contributed by atoms with Crippen LogP contribution in [0.25, 0.3) is 0 Å². The van der Waals surface area contributed by atoms with Gasteiger partial charge < -0.3 is 31.1 Å². The highest BCUT2D eigenvalue weighted by atomic mass is 32.2. The Bertz CT molecular complexity index is 1620. The summed E-state index contributed by atoms with van der Waals surface area (Å²) in [6.07, 6.45) is 2.01. The number of sulfonamides is 1. The zero-order chi connectivity index (χ0) is 35.6. The molecule has 0 radical (unpaired) electrons.